The summed E-state index contributed by atoms with van der Waals surface area (Å²) < 4.78 is 47.9. The summed E-state index contributed by atoms with van der Waals surface area (Å²) in [5.74, 6) is -1.38. The summed E-state index contributed by atoms with van der Waals surface area (Å²) in [7, 11) is 2.64. The molecule has 0 aliphatic carbocycles. The van der Waals surface area contributed by atoms with Crippen molar-refractivity contribution in [2.24, 2.45) is 0 Å². The van der Waals surface area contributed by atoms with E-state index in [0.29, 0.717) is 6.54 Å². The zero-order chi connectivity index (χ0) is 21.6. The molecule has 0 spiro atoms. The summed E-state index contributed by atoms with van der Waals surface area (Å²) in [6.07, 6.45) is 0.364. The lowest BCUT2D eigenvalue weighted by Crippen LogP contribution is -2.36. The second kappa shape index (κ2) is 9.67. The van der Waals surface area contributed by atoms with Crippen LogP contribution in [0.15, 0.2) is 24.3 Å². The Morgan fingerprint density at radius 2 is 1.97 bits per heavy atom. The molecule has 0 radical (unpaired) electrons. The van der Waals surface area contributed by atoms with Gasteiger partial charge in [-0.1, -0.05) is 31.9 Å². The van der Waals surface area contributed by atoms with Crippen molar-refractivity contribution < 1.29 is 32.2 Å². The van der Waals surface area contributed by atoms with Gasteiger partial charge in [0.2, 0.25) is 5.91 Å². The SMILES string of the molecule is CCCCC1C=CCN1C(=O)c1cc(NC(=O)CC(F)(F)F)c(OC)c(OC)c1. The van der Waals surface area contributed by atoms with Gasteiger partial charge in [0.1, 0.15) is 6.42 Å². The van der Waals surface area contributed by atoms with Crippen molar-refractivity contribution in [3.8, 4) is 11.5 Å². The summed E-state index contributed by atoms with van der Waals surface area (Å²) >= 11 is 0. The minimum absolute atomic E-state index is 0.0428. The fourth-order valence-electron chi connectivity index (χ4n) is 3.19. The molecule has 1 heterocycles. The summed E-state index contributed by atoms with van der Waals surface area (Å²) in [6.45, 7) is 2.51. The minimum atomic E-state index is -4.65. The van der Waals surface area contributed by atoms with E-state index in [1.807, 2.05) is 12.2 Å². The van der Waals surface area contributed by atoms with Crippen molar-refractivity contribution in [2.45, 2.75) is 44.8 Å². The Balaban J connectivity index is 2.32. The monoisotopic (exact) mass is 414 g/mol. The van der Waals surface area contributed by atoms with Crippen molar-refractivity contribution in [1.29, 1.82) is 0 Å². The maximum absolute atomic E-state index is 13.1. The summed E-state index contributed by atoms with van der Waals surface area (Å²) in [4.78, 5) is 26.5. The lowest BCUT2D eigenvalue weighted by atomic mass is 10.1. The smallest absolute Gasteiger partial charge is 0.397 e. The van der Waals surface area contributed by atoms with E-state index in [0.717, 1.165) is 19.3 Å². The third-order valence-corrected chi connectivity index (χ3v) is 4.54. The minimum Gasteiger partial charge on any atom is -0.493 e. The standard InChI is InChI=1S/C20H25F3N2O4/c1-4-5-7-14-8-6-9-25(14)19(27)13-10-15(18(29-3)16(11-13)28-2)24-17(26)12-20(21,22)23/h6,8,10-11,14H,4-5,7,9,12H2,1-3H3,(H,24,26). The predicted octanol–water partition coefficient (Wildman–Crippen LogP) is 4.17. The molecule has 0 saturated carbocycles. The molecule has 9 heteroatoms. The van der Waals surface area contributed by atoms with Crippen LogP contribution in [0.1, 0.15) is 43.0 Å². The van der Waals surface area contributed by atoms with Gasteiger partial charge in [-0.15, -0.1) is 0 Å². The molecule has 0 bridgehead atoms. The number of halogens is 3. The van der Waals surface area contributed by atoms with Crippen LogP contribution in [0.5, 0.6) is 11.5 Å². The van der Waals surface area contributed by atoms with Gasteiger partial charge in [-0.2, -0.15) is 13.2 Å². The van der Waals surface area contributed by atoms with Gasteiger partial charge in [-0.25, -0.2) is 0 Å². The highest BCUT2D eigenvalue weighted by Crippen LogP contribution is 2.38. The molecule has 1 aromatic rings. The largest absolute Gasteiger partial charge is 0.493 e. The number of methoxy groups -OCH3 is 2. The maximum atomic E-state index is 13.1. The zero-order valence-electron chi connectivity index (χ0n) is 16.6. The van der Waals surface area contributed by atoms with Gasteiger partial charge in [0.15, 0.2) is 11.5 Å². The number of amides is 2. The van der Waals surface area contributed by atoms with Crippen LogP contribution in [0, 0.1) is 0 Å². The third kappa shape index (κ3) is 5.88. The van der Waals surface area contributed by atoms with E-state index in [2.05, 4.69) is 12.2 Å². The van der Waals surface area contributed by atoms with Crippen molar-refractivity contribution in [3.05, 3.63) is 29.8 Å². The molecule has 1 aromatic carbocycles. The fraction of sp³-hybridized carbons (Fsp3) is 0.500. The van der Waals surface area contributed by atoms with Gasteiger partial charge >= 0.3 is 6.18 Å². The molecule has 29 heavy (non-hydrogen) atoms. The van der Waals surface area contributed by atoms with E-state index < -0.39 is 18.5 Å². The van der Waals surface area contributed by atoms with Crippen LogP contribution in [-0.4, -0.2) is 49.7 Å². The normalized spacial score (nSPS) is 16.1. The zero-order valence-corrected chi connectivity index (χ0v) is 16.6. The Morgan fingerprint density at radius 1 is 1.24 bits per heavy atom. The lowest BCUT2D eigenvalue weighted by molar-refractivity contribution is -0.150. The predicted molar refractivity (Wildman–Crippen MR) is 102 cm³/mol. The first-order chi connectivity index (χ1) is 13.7. The van der Waals surface area contributed by atoms with Crippen molar-refractivity contribution in [2.75, 3.05) is 26.1 Å². The van der Waals surface area contributed by atoms with Crippen molar-refractivity contribution >= 4 is 17.5 Å². The van der Waals surface area contributed by atoms with E-state index in [1.165, 1.54) is 26.4 Å². The number of carbonyl (C=O) groups is 2. The van der Waals surface area contributed by atoms with Gasteiger partial charge in [0.25, 0.3) is 5.91 Å². The number of nitrogens with zero attached hydrogens (tertiary/aromatic N) is 1. The average Bonchev–Trinajstić information content (AvgIpc) is 3.11. The average molecular weight is 414 g/mol. The summed E-state index contributed by atoms with van der Waals surface area (Å²) in [6, 6.07) is 2.72. The Labute approximate surface area is 167 Å². The number of nitrogens with one attached hydrogen (secondary N) is 1. The van der Waals surface area contributed by atoms with E-state index >= 15 is 0 Å². The highest BCUT2D eigenvalue weighted by Gasteiger charge is 2.32. The molecular weight excluding hydrogens is 389 g/mol. The first kappa shape index (κ1) is 22.6. The molecule has 0 aromatic heterocycles. The first-order valence-electron chi connectivity index (χ1n) is 9.30. The Bertz CT molecular complexity index is 778. The van der Waals surface area contributed by atoms with Crippen LogP contribution < -0.4 is 14.8 Å². The number of alkyl halides is 3. The highest BCUT2D eigenvalue weighted by molar-refractivity contribution is 6.00. The van der Waals surface area contributed by atoms with Gasteiger partial charge in [0, 0.05) is 12.1 Å². The molecule has 6 nitrogen and oxygen atoms in total. The topological polar surface area (TPSA) is 67.9 Å². The molecule has 0 fully saturated rings. The van der Waals surface area contributed by atoms with Crippen LogP contribution in [0.4, 0.5) is 18.9 Å². The Hall–Kier alpha value is -2.71. The van der Waals surface area contributed by atoms with Gasteiger partial charge in [-0.05, 0) is 18.6 Å². The molecule has 0 saturated heterocycles. The molecule has 1 N–H and O–H groups in total. The van der Waals surface area contributed by atoms with E-state index in [-0.39, 0.29) is 34.7 Å². The van der Waals surface area contributed by atoms with Crippen LogP contribution in [0.3, 0.4) is 0 Å². The fourth-order valence-corrected chi connectivity index (χ4v) is 3.19. The number of carbonyl (C=O) groups excluding carboxylic acids is 2. The molecule has 1 atom stereocenters. The lowest BCUT2D eigenvalue weighted by Gasteiger charge is -2.25. The highest BCUT2D eigenvalue weighted by atomic mass is 19.4. The van der Waals surface area contributed by atoms with Crippen LogP contribution in [0.25, 0.3) is 0 Å². The van der Waals surface area contributed by atoms with Crippen LogP contribution in [-0.2, 0) is 4.79 Å². The number of anilines is 1. The molecule has 2 rings (SSSR count). The quantitative estimate of drug-likeness (QED) is 0.649. The molecular formula is C20H25F3N2O4. The first-order valence-corrected chi connectivity index (χ1v) is 9.30. The van der Waals surface area contributed by atoms with Crippen molar-refractivity contribution in [3.63, 3.8) is 0 Å². The molecule has 160 valence electrons. The van der Waals surface area contributed by atoms with Gasteiger partial charge < -0.3 is 19.7 Å². The Morgan fingerprint density at radius 3 is 2.55 bits per heavy atom. The number of benzene rings is 1. The number of hydrogen-bond acceptors (Lipinski definition) is 4. The molecule has 2 amide bonds. The second-order valence-electron chi connectivity index (χ2n) is 6.69. The van der Waals surface area contributed by atoms with Crippen LogP contribution >= 0.6 is 0 Å². The number of ether oxygens (including phenoxy) is 2. The van der Waals surface area contributed by atoms with Crippen LogP contribution in [0.2, 0.25) is 0 Å². The van der Waals surface area contributed by atoms with E-state index in [9.17, 15) is 22.8 Å². The van der Waals surface area contributed by atoms with Gasteiger partial charge in [-0.3, -0.25) is 9.59 Å². The number of hydrogen-bond donors (Lipinski definition) is 1. The number of unbranched alkanes of at least 4 members (excludes halogenated alkanes) is 1. The van der Waals surface area contributed by atoms with E-state index in [1.54, 1.807) is 4.90 Å². The summed E-state index contributed by atoms with van der Waals surface area (Å²) in [5, 5.41) is 2.17. The van der Waals surface area contributed by atoms with Gasteiger partial charge in [0.05, 0.1) is 25.9 Å². The second-order valence-corrected chi connectivity index (χ2v) is 6.69. The third-order valence-electron chi connectivity index (χ3n) is 4.54. The van der Waals surface area contributed by atoms with E-state index in [4.69, 9.17) is 9.47 Å². The molecule has 1 aliphatic rings. The molecule has 1 aliphatic heterocycles. The molecule has 1 unspecified atom stereocenters. The van der Waals surface area contributed by atoms with Crippen molar-refractivity contribution in [1.82, 2.24) is 4.90 Å². The maximum Gasteiger partial charge on any atom is 0.397 e. The Kier molecular flexibility index (Phi) is 7.53. The number of rotatable bonds is 8. The summed E-state index contributed by atoms with van der Waals surface area (Å²) in [5.41, 5.74) is 0.136.